The van der Waals surface area contributed by atoms with Crippen molar-refractivity contribution in [3.63, 3.8) is 0 Å². The molecule has 0 aromatic rings. The Balaban J connectivity index is 2.07. The molecule has 3 unspecified atom stereocenters. The zero-order valence-corrected chi connectivity index (χ0v) is 6.84. The number of rotatable bonds is 0. The second-order valence-corrected chi connectivity index (χ2v) is 3.97. The van der Waals surface area contributed by atoms with Crippen LogP contribution in [0.4, 0.5) is 0 Å². The van der Waals surface area contributed by atoms with Crippen LogP contribution in [0.2, 0.25) is 0 Å². The third kappa shape index (κ3) is 1.07. The molecule has 0 radical (unpaired) electrons. The van der Waals surface area contributed by atoms with Crippen LogP contribution < -0.4 is 0 Å². The summed E-state index contributed by atoms with van der Waals surface area (Å²) in [5.74, 6) is 2.05. The molecule has 0 aliphatic carbocycles. The zero-order valence-electron chi connectivity index (χ0n) is 6.84. The summed E-state index contributed by atoms with van der Waals surface area (Å²) in [6.07, 6.45) is 4.42. The van der Waals surface area contributed by atoms with E-state index in [4.69, 9.17) is 0 Å². The van der Waals surface area contributed by atoms with Gasteiger partial charge in [-0.1, -0.05) is 6.92 Å². The first-order chi connectivity index (χ1) is 4.86. The Bertz CT molecular complexity index is 118. The molecule has 0 aromatic heterocycles. The molecule has 1 nitrogen and oxygen atoms in total. The average Bonchev–Trinajstić information content (AvgIpc) is 2.20. The van der Waals surface area contributed by atoms with Crippen LogP contribution in [0.1, 0.15) is 26.2 Å². The molecule has 3 atom stereocenters. The minimum Gasteiger partial charge on any atom is -0.303 e. The van der Waals surface area contributed by atoms with Gasteiger partial charge in [-0.3, -0.25) is 0 Å². The Kier molecular flexibility index (Phi) is 1.69. The van der Waals surface area contributed by atoms with E-state index >= 15 is 0 Å². The van der Waals surface area contributed by atoms with Crippen molar-refractivity contribution in [2.24, 2.45) is 11.8 Å². The molecule has 3 aliphatic rings. The van der Waals surface area contributed by atoms with E-state index in [9.17, 15) is 0 Å². The van der Waals surface area contributed by atoms with Gasteiger partial charge in [0.1, 0.15) is 0 Å². The Labute approximate surface area is 63.4 Å². The van der Waals surface area contributed by atoms with Crippen LogP contribution in [0, 0.1) is 11.8 Å². The molecule has 3 rings (SSSR count). The second kappa shape index (κ2) is 2.54. The van der Waals surface area contributed by atoms with Gasteiger partial charge >= 0.3 is 0 Å². The number of nitrogens with zero attached hydrogens (tertiary/aromatic N) is 1. The smallest absolute Gasteiger partial charge is 0.000967 e. The van der Waals surface area contributed by atoms with Gasteiger partial charge in [-0.25, -0.2) is 0 Å². The predicted molar refractivity (Wildman–Crippen MR) is 42.9 cm³/mol. The SMILES string of the molecule is CC1CN2CCCC1CC2. The molecule has 58 valence electrons. The average molecular weight is 139 g/mol. The zero-order chi connectivity index (χ0) is 6.97. The molecule has 0 spiro atoms. The highest BCUT2D eigenvalue weighted by Crippen LogP contribution is 2.30. The van der Waals surface area contributed by atoms with Gasteiger partial charge in [-0.05, 0) is 44.2 Å². The van der Waals surface area contributed by atoms with E-state index < -0.39 is 0 Å². The van der Waals surface area contributed by atoms with E-state index in [2.05, 4.69) is 11.8 Å². The van der Waals surface area contributed by atoms with Crippen molar-refractivity contribution >= 4 is 0 Å². The maximum Gasteiger partial charge on any atom is 0.000967 e. The van der Waals surface area contributed by atoms with E-state index in [0.29, 0.717) is 0 Å². The Morgan fingerprint density at radius 2 is 2.10 bits per heavy atom. The number of fused-ring (bicyclic) bond motifs is 4. The predicted octanol–water partition coefficient (Wildman–Crippen LogP) is 1.74. The summed E-state index contributed by atoms with van der Waals surface area (Å²) in [6.45, 7) is 6.56. The molecular weight excluding hydrogens is 122 g/mol. The summed E-state index contributed by atoms with van der Waals surface area (Å²) in [5.41, 5.74) is 0. The lowest BCUT2D eigenvalue weighted by atomic mass is 9.86. The summed E-state index contributed by atoms with van der Waals surface area (Å²) in [4.78, 5) is 2.63. The first kappa shape index (κ1) is 6.66. The molecular formula is C9H17N. The molecule has 10 heavy (non-hydrogen) atoms. The van der Waals surface area contributed by atoms with Crippen molar-refractivity contribution < 1.29 is 0 Å². The highest BCUT2D eigenvalue weighted by molar-refractivity contribution is 4.81. The van der Waals surface area contributed by atoms with Gasteiger partial charge in [0, 0.05) is 6.54 Å². The van der Waals surface area contributed by atoms with Crippen LogP contribution in [-0.2, 0) is 0 Å². The van der Waals surface area contributed by atoms with Crippen molar-refractivity contribution in [2.75, 3.05) is 19.6 Å². The molecule has 3 heterocycles. The van der Waals surface area contributed by atoms with Gasteiger partial charge in [-0.15, -0.1) is 0 Å². The topological polar surface area (TPSA) is 3.24 Å². The quantitative estimate of drug-likeness (QED) is 0.494. The van der Waals surface area contributed by atoms with E-state index in [1.165, 1.54) is 38.9 Å². The highest BCUT2D eigenvalue weighted by Gasteiger charge is 2.28. The third-order valence-electron chi connectivity index (χ3n) is 3.22. The van der Waals surface area contributed by atoms with Crippen molar-refractivity contribution in [1.29, 1.82) is 0 Å². The first-order valence-corrected chi connectivity index (χ1v) is 4.58. The van der Waals surface area contributed by atoms with Gasteiger partial charge < -0.3 is 4.90 Å². The van der Waals surface area contributed by atoms with Crippen molar-refractivity contribution in [1.82, 2.24) is 4.90 Å². The summed E-state index contributed by atoms with van der Waals surface area (Å²) in [6, 6.07) is 0. The Morgan fingerprint density at radius 1 is 1.20 bits per heavy atom. The van der Waals surface area contributed by atoms with Gasteiger partial charge in [0.15, 0.2) is 0 Å². The maximum absolute atomic E-state index is 2.63. The van der Waals surface area contributed by atoms with E-state index in [1.807, 2.05) is 0 Å². The minimum absolute atomic E-state index is 0.983. The Hall–Kier alpha value is -0.0400. The van der Waals surface area contributed by atoms with Crippen LogP contribution in [0.3, 0.4) is 0 Å². The number of hydrogen-bond acceptors (Lipinski definition) is 1. The van der Waals surface area contributed by atoms with Crippen LogP contribution >= 0.6 is 0 Å². The molecule has 1 heteroatoms. The lowest BCUT2D eigenvalue weighted by Crippen LogP contribution is -2.35. The molecule has 0 saturated carbocycles. The highest BCUT2D eigenvalue weighted by atomic mass is 15.1. The van der Waals surface area contributed by atoms with E-state index in [0.717, 1.165) is 11.8 Å². The lowest BCUT2D eigenvalue weighted by Gasteiger charge is -2.32. The summed E-state index contributed by atoms with van der Waals surface area (Å²) < 4.78 is 0. The normalized spacial score (nSPS) is 47.1. The summed E-state index contributed by atoms with van der Waals surface area (Å²) >= 11 is 0. The largest absolute Gasteiger partial charge is 0.303 e. The van der Waals surface area contributed by atoms with Crippen molar-refractivity contribution in [3.8, 4) is 0 Å². The second-order valence-electron chi connectivity index (χ2n) is 3.97. The molecule has 3 aliphatic heterocycles. The van der Waals surface area contributed by atoms with Crippen LogP contribution in [0.25, 0.3) is 0 Å². The van der Waals surface area contributed by atoms with E-state index in [-0.39, 0.29) is 0 Å². The molecule has 2 bridgehead atoms. The summed E-state index contributed by atoms with van der Waals surface area (Å²) in [5, 5.41) is 0. The van der Waals surface area contributed by atoms with Crippen molar-refractivity contribution in [2.45, 2.75) is 26.2 Å². The van der Waals surface area contributed by atoms with Gasteiger partial charge in [-0.2, -0.15) is 0 Å². The molecule has 0 aromatic carbocycles. The van der Waals surface area contributed by atoms with Crippen LogP contribution in [0.5, 0.6) is 0 Å². The molecule has 3 fully saturated rings. The number of hydrogen-bond donors (Lipinski definition) is 0. The molecule has 3 saturated heterocycles. The van der Waals surface area contributed by atoms with Crippen LogP contribution in [-0.4, -0.2) is 24.5 Å². The summed E-state index contributed by atoms with van der Waals surface area (Å²) in [7, 11) is 0. The fourth-order valence-electron chi connectivity index (χ4n) is 2.49. The molecule has 0 N–H and O–H groups in total. The first-order valence-electron chi connectivity index (χ1n) is 4.58. The van der Waals surface area contributed by atoms with E-state index in [1.54, 1.807) is 0 Å². The van der Waals surface area contributed by atoms with Gasteiger partial charge in [0.05, 0.1) is 0 Å². The maximum atomic E-state index is 2.63. The monoisotopic (exact) mass is 139 g/mol. The van der Waals surface area contributed by atoms with Gasteiger partial charge in [0.2, 0.25) is 0 Å². The third-order valence-corrected chi connectivity index (χ3v) is 3.22. The standard InChI is InChI=1S/C9H17N/c1-8-7-10-5-2-3-9(8)4-6-10/h8-9H,2-7H2,1H3. The lowest BCUT2D eigenvalue weighted by molar-refractivity contribution is 0.165. The van der Waals surface area contributed by atoms with Crippen molar-refractivity contribution in [3.05, 3.63) is 0 Å². The van der Waals surface area contributed by atoms with Crippen LogP contribution in [0.15, 0.2) is 0 Å². The van der Waals surface area contributed by atoms with Gasteiger partial charge in [0.25, 0.3) is 0 Å². The fourth-order valence-corrected chi connectivity index (χ4v) is 2.49. The minimum atomic E-state index is 0.983. The Morgan fingerprint density at radius 3 is 2.90 bits per heavy atom. The fraction of sp³-hybridized carbons (Fsp3) is 1.00. The molecule has 0 amide bonds. The number of piperidine rings is 1.